The predicted molar refractivity (Wildman–Crippen MR) is 40.9 cm³/mol. The molecule has 6 heteroatoms. The van der Waals surface area contributed by atoms with Crippen molar-refractivity contribution in [3.63, 3.8) is 0 Å². The Kier molecular flexibility index (Phi) is 2.99. The maximum Gasteiger partial charge on any atom is 0.408 e. The standard InChI is InChI=1S/C8H9F3N2O/c9-8(10,11)7(5-1-2-5)13-6(14)3-4-12/h5,7H,1-3H2,(H,13,14). The van der Waals surface area contributed by atoms with Gasteiger partial charge in [0.25, 0.3) is 0 Å². The third-order valence-electron chi connectivity index (χ3n) is 2.00. The number of nitriles is 1. The van der Waals surface area contributed by atoms with E-state index >= 15 is 0 Å². The molecule has 1 saturated carbocycles. The van der Waals surface area contributed by atoms with Crippen LogP contribution in [0.15, 0.2) is 0 Å². The van der Waals surface area contributed by atoms with E-state index in [1.165, 1.54) is 6.07 Å². The fourth-order valence-electron chi connectivity index (χ4n) is 1.19. The number of amides is 1. The van der Waals surface area contributed by atoms with Crippen LogP contribution < -0.4 is 5.32 Å². The summed E-state index contributed by atoms with van der Waals surface area (Å²) in [5.41, 5.74) is 0. The molecule has 0 aromatic rings. The highest BCUT2D eigenvalue weighted by Gasteiger charge is 2.49. The summed E-state index contributed by atoms with van der Waals surface area (Å²) in [6, 6.07) is -0.270. The molecule has 14 heavy (non-hydrogen) atoms. The van der Waals surface area contributed by atoms with E-state index in [0.717, 1.165) is 0 Å². The molecule has 1 aliphatic carbocycles. The highest BCUT2D eigenvalue weighted by molar-refractivity contribution is 5.78. The highest BCUT2D eigenvalue weighted by atomic mass is 19.4. The van der Waals surface area contributed by atoms with Gasteiger partial charge in [0, 0.05) is 0 Å². The first-order valence-corrected chi connectivity index (χ1v) is 4.18. The van der Waals surface area contributed by atoms with Crippen molar-refractivity contribution in [2.75, 3.05) is 0 Å². The van der Waals surface area contributed by atoms with Gasteiger partial charge in [-0.15, -0.1) is 0 Å². The lowest BCUT2D eigenvalue weighted by Gasteiger charge is -2.20. The molecule has 1 unspecified atom stereocenters. The van der Waals surface area contributed by atoms with Gasteiger partial charge in [0.2, 0.25) is 5.91 Å². The summed E-state index contributed by atoms with van der Waals surface area (Å²) >= 11 is 0. The lowest BCUT2D eigenvalue weighted by atomic mass is 10.1. The number of nitrogens with zero attached hydrogens (tertiary/aromatic N) is 1. The summed E-state index contributed by atoms with van der Waals surface area (Å²) in [5.74, 6) is -1.36. The van der Waals surface area contributed by atoms with Crippen LogP contribution >= 0.6 is 0 Å². The number of nitrogens with one attached hydrogen (secondary N) is 1. The van der Waals surface area contributed by atoms with E-state index in [1.54, 1.807) is 0 Å². The minimum Gasteiger partial charge on any atom is -0.343 e. The van der Waals surface area contributed by atoms with Gasteiger partial charge in [0.1, 0.15) is 12.5 Å². The maximum absolute atomic E-state index is 12.3. The molecular formula is C8H9F3N2O. The largest absolute Gasteiger partial charge is 0.408 e. The van der Waals surface area contributed by atoms with Gasteiger partial charge in [-0.25, -0.2) is 0 Å². The van der Waals surface area contributed by atoms with Crippen molar-refractivity contribution in [2.45, 2.75) is 31.5 Å². The van der Waals surface area contributed by atoms with Gasteiger partial charge in [0.05, 0.1) is 6.07 Å². The average Bonchev–Trinajstić information content (AvgIpc) is 2.81. The van der Waals surface area contributed by atoms with Crippen molar-refractivity contribution in [3.8, 4) is 6.07 Å². The average molecular weight is 206 g/mol. The summed E-state index contributed by atoms with van der Waals surface area (Å²) < 4.78 is 36.9. The summed E-state index contributed by atoms with van der Waals surface area (Å²) in [5, 5.41) is 9.95. The third kappa shape index (κ3) is 2.91. The van der Waals surface area contributed by atoms with Crippen LogP contribution in [0.2, 0.25) is 0 Å². The Balaban J connectivity index is 2.53. The normalized spacial score (nSPS) is 18.4. The molecule has 1 N–H and O–H groups in total. The number of rotatable bonds is 3. The Hall–Kier alpha value is -1.25. The minimum atomic E-state index is -4.41. The summed E-state index contributed by atoms with van der Waals surface area (Å²) in [4.78, 5) is 10.8. The van der Waals surface area contributed by atoms with Crippen LogP contribution in [0.25, 0.3) is 0 Å². The Morgan fingerprint density at radius 2 is 2.14 bits per heavy atom. The maximum atomic E-state index is 12.3. The zero-order chi connectivity index (χ0) is 10.8. The van der Waals surface area contributed by atoms with Gasteiger partial charge < -0.3 is 5.32 Å². The topological polar surface area (TPSA) is 52.9 Å². The van der Waals surface area contributed by atoms with Crippen molar-refractivity contribution in [3.05, 3.63) is 0 Å². The Bertz CT molecular complexity index is 265. The Morgan fingerprint density at radius 1 is 1.57 bits per heavy atom. The number of hydrogen-bond acceptors (Lipinski definition) is 2. The van der Waals surface area contributed by atoms with Crippen LogP contribution in [0.1, 0.15) is 19.3 Å². The molecule has 1 atom stereocenters. The SMILES string of the molecule is N#CCC(=O)NC(C1CC1)C(F)(F)F. The fraction of sp³-hybridized carbons (Fsp3) is 0.750. The van der Waals surface area contributed by atoms with E-state index in [9.17, 15) is 18.0 Å². The van der Waals surface area contributed by atoms with Crippen LogP contribution in [-0.2, 0) is 4.79 Å². The first-order valence-electron chi connectivity index (χ1n) is 4.18. The number of halogens is 3. The molecule has 0 saturated heterocycles. The van der Waals surface area contributed by atoms with E-state index in [2.05, 4.69) is 0 Å². The molecule has 1 rings (SSSR count). The first kappa shape index (κ1) is 10.8. The number of carbonyl (C=O) groups excluding carboxylic acids is 1. The zero-order valence-corrected chi connectivity index (χ0v) is 7.27. The van der Waals surface area contributed by atoms with Gasteiger partial charge >= 0.3 is 6.18 Å². The molecule has 0 aromatic heterocycles. The van der Waals surface area contributed by atoms with E-state index in [-0.39, 0.29) is 0 Å². The second-order valence-electron chi connectivity index (χ2n) is 3.26. The van der Waals surface area contributed by atoms with Crippen molar-refractivity contribution in [2.24, 2.45) is 5.92 Å². The second-order valence-corrected chi connectivity index (χ2v) is 3.26. The Morgan fingerprint density at radius 3 is 2.50 bits per heavy atom. The van der Waals surface area contributed by atoms with Crippen LogP contribution in [0.4, 0.5) is 13.2 Å². The second kappa shape index (κ2) is 3.86. The van der Waals surface area contributed by atoms with E-state index in [4.69, 9.17) is 5.26 Å². The smallest absolute Gasteiger partial charge is 0.343 e. The van der Waals surface area contributed by atoms with Gasteiger partial charge in [-0.2, -0.15) is 18.4 Å². The molecule has 0 heterocycles. The molecule has 1 amide bonds. The first-order chi connectivity index (χ1) is 6.45. The van der Waals surface area contributed by atoms with Gasteiger partial charge in [-0.05, 0) is 18.8 Å². The van der Waals surface area contributed by atoms with E-state index in [0.29, 0.717) is 12.8 Å². The number of carbonyl (C=O) groups is 1. The molecule has 0 radical (unpaired) electrons. The van der Waals surface area contributed by atoms with Gasteiger partial charge in [0.15, 0.2) is 0 Å². The highest BCUT2D eigenvalue weighted by Crippen LogP contribution is 2.40. The van der Waals surface area contributed by atoms with Crippen molar-refractivity contribution in [1.29, 1.82) is 5.26 Å². The minimum absolute atomic E-state index is 0.483. The summed E-state index contributed by atoms with van der Waals surface area (Å²) in [6.07, 6.45) is -3.97. The lowest BCUT2D eigenvalue weighted by Crippen LogP contribution is -2.46. The molecule has 1 aliphatic rings. The van der Waals surface area contributed by atoms with E-state index < -0.39 is 30.5 Å². The molecule has 1 fully saturated rings. The lowest BCUT2D eigenvalue weighted by molar-refractivity contribution is -0.165. The molecule has 0 aliphatic heterocycles. The molecule has 0 spiro atoms. The van der Waals surface area contributed by atoms with Crippen LogP contribution in [0.3, 0.4) is 0 Å². The zero-order valence-electron chi connectivity index (χ0n) is 7.27. The van der Waals surface area contributed by atoms with Crippen LogP contribution in [0.5, 0.6) is 0 Å². The summed E-state index contributed by atoms with van der Waals surface area (Å²) in [7, 11) is 0. The third-order valence-corrected chi connectivity index (χ3v) is 2.00. The predicted octanol–water partition coefficient (Wildman–Crippen LogP) is 1.36. The van der Waals surface area contributed by atoms with E-state index in [1.807, 2.05) is 5.32 Å². The molecule has 78 valence electrons. The fourth-order valence-corrected chi connectivity index (χ4v) is 1.19. The number of alkyl halides is 3. The van der Waals surface area contributed by atoms with Crippen LogP contribution in [0, 0.1) is 17.2 Å². The van der Waals surface area contributed by atoms with Gasteiger partial charge in [-0.1, -0.05) is 0 Å². The quantitative estimate of drug-likeness (QED) is 0.757. The van der Waals surface area contributed by atoms with Gasteiger partial charge in [-0.3, -0.25) is 4.79 Å². The molecule has 3 nitrogen and oxygen atoms in total. The Labute approximate surface area is 78.9 Å². The van der Waals surface area contributed by atoms with Crippen molar-refractivity contribution >= 4 is 5.91 Å². The molecule has 0 aromatic carbocycles. The molecular weight excluding hydrogens is 197 g/mol. The van der Waals surface area contributed by atoms with Crippen molar-refractivity contribution in [1.82, 2.24) is 5.32 Å². The van der Waals surface area contributed by atoms with Crippen LogP contribution in [-0.4, -0.2) is 18.1 Å². The summed E-state index contributed by atoms with van der Waals surface area (Å²) in [6.45, 7) is 0. The monoisotopic (exact) mass is 206 g/mol. The molecule has 0 bridgehead atoms. The van der Waals surface area contributed by atoms with Crippen molar-refractivity contribution < 1.29 is 18.0 Å². The number of hydrogen-bond donors (Lipinski definition) is 1.